The molecule has 2 aliphatic rings. The van der Waals surface area contributed by atoms with Gasteiger partial charge in [-0.2, -0.15) is 0 Å². The average Bonchev–Trinajstić information content (AvgIpc) is 3.17. The van der Waals surface area contributed by atoms with Crippen LogP contribution in [0.2, 0.25) is 0 Å². The predicted molar refractivity (Wildman–Crippen MR) is 101 cm³/mol. The molecule has 6 heteroatoms. The molecule has 0 amide bonds. The maximum Gasteiger partial charge on any atom is 0.317 e. The smallest absolute Gasteiger partial charge is 0.317 e. The number of likely N-dealkylation sites (N-methyl/N-ethyl adjacent to an activating group) is 1. The second-order valence-corrected chi connectivity index (χ2v) is 7.36. The summed E-state index contributed by atoms with van der Waals surface area (Å²) in [6, 6.07) is 15.2. The highest BCUT2D eigenvalue weighted by molar-refractivity contribution is 6.35. The average molecular weight is 379 g/mol. The Hall–Kier alpha value is -2.83. The largest absolute Gasteiger partial charge is 0.468 e. The molecule has 2 atom stereocenters. The molecule has 0 saturated carbocycles. The molecule has 6 nitrogen and oxygen atoms in total. The van der Waals surface area contributed by atoms with E-state index in [9.17, 15) is 19.5 Å². The van der Waals surface area contributed by atoms with Crippen molar-refractivity contribution in [3.63, 3.8) is 0 Å². The van der Waals surface area contributed by atoms with Crippen LogP contribution in [0.4, 0.5) is 0 Å². The molecule has 0 radical (unpaired) electrons. The fourth-order valence-electron chi connectivity index (χ4n) is 4.96. The van der Waals surface area contributed by atoms with Crippen LogP contribution in [-0.4, -0.2) is 53.8 Å². The number of nitrogens with zero attached hydrogens (tertiary/aromatic N) is 1. The van der Waals surface area contributed by atoms with Gasteiger partial charge in [0.15, 0.2) is 17.1 Å². The molecular weight excluding hydrogens is 358 g/mol. The van der Waals surface area contributed by atoms with Gasteiger partial charge in [0.1, 0.15) is 5.41 Å². The molecule has 4 rings (SSSR count). The molecule has 1 saturated heterocycles. The van der Waals surface area contributed by atoms with Crippen LogP contribution in [0.5, 0.6) is 0 Å². The fourth-order valence-corrected chi connectivity index (χ4v) is 4.96. The Kier molecular flexibility index (Phi) is 4.21. The molecule has 1 spiro atoms. The lowest BCUT2D eigenvalue weighted by molar-refractivity contribution is -0.165. The van der Waals surface area contributed by atoms with E-state index in [2.05, 4.69) is 0 Å². The van der Waals surface area contributed by atoms with Crippen molar-refractivity contribution >= 4 is 17.5 Å². The topological polar surface area (TPSA) is 83.9 Å². The van der Waals surface area contributed by atoms with Crippen molar-refractivity contribution in [2.75, 3.05) is 20.7 Å². The van der Waals surface area contributed by atoms with Crippen molar-refractivity contribution in [2.45, 2.75) is 18.1 Å². The van der Waals surface area contributed by atoms with Crippen LogP contribution in [0, 0.1) is 5.41 Å². The summed E-state index contributed by atoms with van der Waals surface area (Å²) in [6.07, 6.45) is -1.26. The first-order valence-electron chi connectivity index (χ1n) is 9.14. The summed E-state index contributed by atoms with van der Waals surface area (Å²) in [7, 11) is 2.86. The first kappa shape index (κ1) is 18.5. The molecule has 144 valence electrons. The number of aliphatic hydroxyl groups excluding tert-OH is 1. The third-order valence-corrected chi connectivity index (χ3v) is 6.27. The minimum atomic E-state index is -1.83. The minimum absolute atomic E-state index is 0.123. The molecule has 1 fully saturated rings. The highest BCUT2D eigenvalue weighted by Gasteiger charge is 2.76. The van der Waals surface area contributed by atoms with Gasteiger partial charge in [0, 0.05) is 17.7 Å². The van der Waals surface area contributed by atoms with E-state index in [0.29, 0.717) is 12.1 Å². The lowest BCUT2D eigenvalue weighted by atomic mass is 9.62. The maximum absolute atomic E-state index is 13.6. The zero-order valence-electron chi connectivity index (χ0n) is 15.7. The molecule has 0 bridgehead atoms. The number of benzene rings is 2. The van der Waals surface area contributed by atoms with Gasteiger partial charge in [-0.3, -0.25) is 19.3 Å². The molecule has 2 aromatic carbocycles. The Morgan fingerprint density at radius 3 is 2.11 bits per heavy atom. The highest BCUT2D eigenvalue weighted by Crippen LogP contribution is 2.58. The van der Waals surface area contributed by atoms with Crippen molar-refractivity contribution in [1.82, 2.24) is 4.90 Å². The zero-order valence-corrected chi connectivity index (χ0v) is 15.7. The van der Waals surface area contributed by atoms with E-state index in [-0.39, 0.29) is 17.5 Å². The highest BCUT2D eigenvalue weighted by atomic mass is 16.5. The number of esters is 1. The Balaban J connectivity index is 2.01. The Morgan fingerprint density at radius 1 is 1.04 bits per heavy atom. The molecule has 2 unspecified atom stereocenters. The Morgan fingerprint density at radius 2 is 1.57 bits per heavy atom. The van der Waals surface area contributed by atoms with Crippen LogP contribution < -0.4 is 0 Å². The van der Waals surface area contributed by atoms with Crippen molar-refractivity contribution in [3.8, 4) is 0 Å². The van der Waals surface area contributed by atoms with Gasteiger partial charge < -0.3 is 9.84 Å². The van der Waals surface area contributed by atoms with Crippen molar-refractivity contribution in [2.24, 2.45) is 5.41 Å². The van der Waals surface area contributed by atoms with Crippen LogP contribution in [0.25, 0.3) is 0 Å². The molecule has 28 heavy (non-hydrogen) atoms. The second kappa shape index (κ2) is 6.36. The number of ketones is 2. The summed E-state index contributed by atoms with van der Waals surface area (Å²) < 4.78 is 5.08. The number of methoxy groups -OCH3 is 1. The number of carbonyl (C=O) groups excluding carboxylic acids is 3. The molecule has 1 N–H and O–H groups in total. The van der Waals surface area contributed by atoms with Gasteiger partial charge in [-0.25, -0.2) is 0 Å². The van der Waals surface area contributed by atoms with Crippen LogP contribution in [0.3, 0.4) is 0 Å². The van der Waals surface area contributed by atoms with Gasteiger partial charge in [-0.05, 0) is 19.0 Å². The zero-order chi connectivity index (χ0) is 20.1. The number of hydrogen-bond acceptors (Lipinski definition) is 6. The normalized spacial score (nSPS) is 24.4. The lowest BCUT2D eigenvalue weighted by Crippen LogP contribution is -2.65. The number of fused-ring (bicyclic) bond motifs is 1. The number of ether oxygens (including phenoxy) is 1. The standard InChI is InChI=1S/C22H21NO5/c1-23-13-12-21(20(27)28-2,17(24)14-8-4-3-5-9-14)22(23)18(25)15-10-6-7-11-16(15)19(22)26/h3-11,17,24H,12-13H2,1-2H3. The van der Waals surface area contributed by atoms with E-state index in [1.807, 2.05) is 0 Å². The summed E-state index contributed by atoms with van der Waals surface area (Å²) in [5.41, 5.74) is -2.58. The third kappa shape index (κ3) is 2.02. The number of rotatable bonds is 3. The van der Waals surface area contributed by atoms with E-state index in [0.717, 1.165) is 0 Å². The second-order valence-electron chi connectivity index (χ2n) is 7.36. The molecular formula is C22H21NO5. The molecule has 1 heterocycles. The first-order chi connectivity index (χ1) is 13.4. The summed E-state index contributed by atoms with van der Waals surface area (Å²) in [5.74, 6) is -1.69. The Labute approximate surface area is 162 Å². The molecule has 1 aliphatic carbocycles. The minimum Gasteiger partial charge on any atom is -0.468 e. The quantitative estimate of drug-likeness (QED) is 0.649. The van der Waals surface area contributed by atoms with E-state index in [1.54, 1.807) is 66.5 Å². The summed E-state index contributed by atoms with van der Waals surface area (Å²) in [4.78, 5) is 42.0. The van der Waals surface area contributed by atoms with Crippen molar-refractivity contribution in [3.05, 3.63) is 71.3 Å². The van der Waals surface area contributed by atoms with Gasteiger partial charge in [-0.1, -0.05) is 54.6 Å². The molecule has 0 aromatic heterocycles. The van der Waals surface area contributed by atoms with Crippen molar-refractivity contribution in [1.29, 1.82) is 0 Å². The van der Waals surface area contributed by atoms with Crippen LogP contribution >= 0.6 is 0 Å². The van der Waals surface area contributed by atoms with Crippen LogP contribution in [0.15, 0.2) is 54.6 Å². The monoisotopic (exact) mass is 379 g/mol. The van der Waals surface area contributed by atoms with Crippen LogP contribution in [0.1, 0.15) is 38.8 Å². The SMILES string of the molecule is COC(=O)C1(C(O)c2ccccc2)CCN(C)C12C(=O)c1ccccc1C2=O. The van der Waals surface area contributed by atoms with E-state index >= 15 is 0 Å². The summed E-state index contributed by atoms with van der Waals surface area (Å²) in [5, 5.41) is 11.4. The van der Waals surface area contributed by atoms with Gasteiger partial charge in [0.25, 0.3) is 0 Å². The van der Waals surface area contributed by atoms with Crippen molar-refractivity contribution < 1.29 is 24.2 Å². The summed E-state index contributed by atoms with van der Waals surface area (Å²) in [6.45, 7) is 0.296. The van der Waals surface area contributed by atoms with E-state index in [1.165, 1.54) is 7.11 Å². The van der Waals surface area contributed by atoms with Gasteiger partial charge >= 0.3 is 5.97 Å². The van der Waals surface area contributed by atoms with E-state index < -0.39 is 34.6 Å². The number of aliphatic hydroxyl groups is 1. The first-order valence-corrected chi connectivity index (χ1v) is 9.14. The lowest BCUT2D eigenvalue weighted by Gasteiger charge is -2.44. The van der Waals surface area contributed by atoms with Gasteiger partial charge in [0.2, 0.25) is 0 Å². The van der Waals surface area contributed by atoms with Crippen LogP contribution in [-0.2, 0) is 9.53 Å². The maximum atomic E-state index is 13.6. The van der Waals surface area contributed by atoms with Gasteiger partial charge in [-0.15, -0.1) is 0 Å². The molecule has 2 aromatic rings. The van der Waals surface area contributed by atoms with Gasteiger partial charge in [0.05, 0.1) is 13.2 Å². The Bertz CT molecular complexity index is 935. The number of hydrogen-bond donors (Lipinski definition) is 1. The fraction of sp³-hybridized carbons (Fsp3) is 0.318. The number of likely N-dealkylation sites (tertiary alicyclic amines) is 1. The third-order valence-electron chi connectivity index (χ3n) is 6.27. The van der Waals surface area contributed by atoms with E-state index in [4.69, 9.17) is 4.74 Å². The number of Topliss-reactive ketones (excluding diaryl/α,β-unsaturated/α-hetero) is 2. The summed E-state index contributed by atoms with van der Waals surface area (Å²) >= 11 is 0. The molecule has 1 aliphatic heterocycles. The number of carbonyl (C=O) groups is 3. The predicted octanol–water partition coefficient (Wildman–Crippen LogP) is 2.03.